The van der Waals surface area contributed by atoms with Gasteiger partial charge in [0.1, 0.15) is 17.2 Å². The van der Waals surface area contributed by atoms with Crippen LogP contribution in [0.1, 0.15) is 58.3 Å². The highest BCUT2D eigenvalue weighted by molar-refractivity contribution is 7.22. The summed E-state index contributed by atoms with van der Waals surface area (Å²) >= 11 is 1.45. The number of thiazole rings is 1. The van der Waals surface area contributed by atoms with E-state index in [0.29, 0.717) is 35.2 Å². The van der Waals surface area contributed by atoms with Gasteiger partial charge in [-0.1, -0.05) is 53.8 Å². The van der Waals surface area contributed by atoms with Crippen molar-refractivity contribution < 1.29 is 14.3 Å². The Morgan fingerprint density at radius 1 is 0.900 bits per heavy atom. The van der Waals surface area contributed by atoms with Crippen molar-refractivity contribution in [3.8, 4) is 11.1 Å². The van der Waals surface area contributed by atoms with Crippen molar-refractivity contribution in [2.45, 2.75) is 46.3 Å². The largest absolute Gasteiger partial charge is 0.455 e. The van der Waals surface area contributed by atoms with Gasteiger partial charge in [-0.2, -0.15) is 0 Å². The Bertz CT molecular complexity index is 2190. The maximum absolute atomic E-state index is 13.8. The Balaban J connectivity index is 1.22. The van der Waals surface area contributed by atoms with Crippen molar-refractivity contribution in [1.82, 2.24) is 15.0 Å². The number of fused-ring (bicyclic) bond motifs is 2. The molecule has 0 saturated heterocycles. The average Bonchev–Trinajstić information content (AvgIpc) is 3.53. The second kappa shape index (κ2) is 13.4. The minimum absolute atomic E-state index is 0.204. The van der Waals surface area contributed by atoms with E-state index in [2.05, 4.69) is 21.3 Å². The molecule has 4 heterocycles. The van der Waals surface area contributed by atoms with Crippen molar-refractivity contribution in [1.29, 1.82) is 0 Å². The van der Waals surface area contributed by atoms with Crippen molar-refractivity contribution in [3.63, 3.8) is 0 Å². The fourth-order valence-corrected chi connectivity index (χ4v) is 7.19. The van der Waals surface area contributed by atoms with Gasteiger partial charge in [-0.15, -0.1) is 0 Å². The number of aromatic nitrogens is 3. The Labute approximate surface area is 295 Å². The Kier molecular flexibility index (Phi) is 8.80. The molecule has 3 aromatic carbocycles. The molecule has 1 N–H and O–H groups in total. The molecule has 252 valence electrons. The molecule has 0 spiro atoms. The molecule has 6 aromatic rings. The van der Waals surface area contributed by atoms with Crippen LogP contribution in [-0.4, -0.2) is 46.0 Å². The molecule has 1 aliphatic heterocycles. The summed E-state index contributed by atoms with van der Waals surface area (Å²) in [7, 11) is 1.98. The Hall–Kier alpha value is -5.61. The summed E-state index contributed by atoms with van der Waals surface area (Å²) in [6, 6.07) is 29.5. The van der Waals surface area contributed by atoms with Gasteiger partial charge in [0.15, 0.2) is 10.8 Å². The number of carbonyl (C=O) groups is 2. The smallest absolute Gasteiger partial charge is 0.358 e. The first-order chi connectivity index (χ1) is 24.1. The van der Waals surface area contributed by atoms with Crippen LogP contribution in [0.25, 0.3) is 21.3 Å². The van der Waals surface area contributed by atoms with E-state index >= 15 is 0 Å². The molecule has 0 bridgehead atoms. The van der Waals surface area contributed by atoms with Gasteiger partial charge < -0.3 is 14.5 Å². The fraction of sp³-hybridized carbons (Fsp3) is 0.225. The lowest BCUT2D eigenvalue weighted by atomic mass is 9.94. The van der Waals surface area contributed by atoms with Gasteiger partial charge in [-0.25, -0.2) is 19.7 Å². The minimum atomic E-state index is -0.715. The topological polar surface area (TPSA) is 101 Å². The monoisotopic (exact) mass is 682 g/mol. The third-order valence-electron chi connectivity index (χ3n) is 8.76. The summed E-state index contributed by atoms with van der Waals surface area (Å²) in [5.74, 6) is 0.703. The molecule has 0 unspecified atom stereocenters. The van der Waals surface area contributed by atoms with E-state index in [1.54, 1.807) is 6.20 Å². The number of nitrogens with one attached hydrogen (secondary N) is 1. The lowest BCUT2D eigenvalue weighted by molar-refractivity contribution is 0.00638. The van der Waals surface area contributed by atoms with Crippen LogP contribution in [0.5, 0.6) is 0 Å². The molecule has 1 aliphatic rings. The van der Waals surface area contributed by atoms with E-state index in [9.17, 15) is 9.59 Å². The number of amides is 1. The van der Waals surface area contributed by atoms with E-state index in [4.69, 9.17) is 14.7 Å². The second-order valence-corrected chi connectivity index (χ2v) is 14.4. The molecule has 50 heavy (non-hydrogen) atoms. The van der Waals surface area contributed by atoms with Gasteiger partial charge in [0.2, 0.25) is 0 Å². The highest BCUT2D eigenvalue weighted by Gasteiger charge is 2.28. The molecule has 3 aromatic heterocycles. The number of ether oxygens (including phenoxy) is 1. The second-order valence-electron chi connectivity index (χ2n) is 13.3. The van der Waals surface area contributed by atoms with Gasteiger partial charge in [-0.3, -0.25) is 10.1 Å². The first kappa shape index (κ1) is 32.9. The SMILES string of the molecule is Cc1c(-c2ccc(N3CCc4cccc(C(=O)Nc5nc6ccccc6s5)c4C3)nc2C(=O)OC(C)(C)C)ccnc1N(C)c1ccccc1. The molecule has 0 atom stereocenters. The fourth-order valence-electron chi connectivity index (χ4n) is 6.33. The van der Waals surface area contributed by atoms with Gasteiger partial charge in [0.25, 0.3) is 5.91 Å². The number of pyridine rings is 2. The van der Waals surface area contributed by atoms with E-state index < -0.39 is 11.6 Å². The molecule has 10 heteroatoms. The number of hydrogen-bond acceptors (Lipinski definition) is 9. The molecule has 0 aliphatic carbocycles. The van der Waals surface area contributed by atoms with Crippen LogP contribution in [0.2, 0.25) is 0 Å². The van der Waals surface area contributed by atoms with Crippen LogP contribution in [0.3, 0.4) is 0 Å². The normalized spacial score (nSPS) is 12.8. The first-order valence-corrected chi connectivity index (χ1v) is 17.4. The number of benzene rings is 3. The zero-order chi connectivity index (χ0) is 35.0. The summed E-state index contributed by atoms with van der Waals surface area (Å²) in [6.07, 6.45) is 2.48. The van der Waals surface area contributed by atoms with Crippen LogP contribution in [0.15, 0.2) is 97.2 Å². The van der Waals surface area contributed by atoms with Crippen LogP contribution < -0.4 is 15.1 Å². The molecule has 0 saturated carbocycles. The van der Waals surface area contributed by atoms with E-state index in [1.165, 1.54) is 11.3 Å². The van der Waals surface area contributed by atoms with Gasteiger partial charge in [0, 0.05) is 43.1 Å². The van der Waals surface area contributed by atoms with Crippen LogP contribution in [0, 0.1) is 6.92 Å². The molecule has 9 nitrogen and oxygen atoms in total. The van der Waals surface area contributed by atoms with Gasteiger partial charge in [-0.05, 0) is 105 Å². The Morgan fingerprint density at radius 2 is 1.68 bits per heavy atom. The van der Waals surface area contributed by atoms with Crippen molar-refractivity contribution in [3.05, 3.63) is 125 Å². The highest BCUT2D eigenvalue weighted by atomic mass is 32.1. The third-order valence-corrected chi connectivity index (χ3v) is 9.71. The predicted molar refractivity (Wildman–Crippen MR) is 201 cm³/mol. The van der Waals surface area contributed by atoms with Crippen molar-refractivity contribution in [2.24, 2.45) is 0 Å². The van der Waals surface area contributed by atoms with E-state index in [-0.39, 0.29) is 11.6 Å². The molecular weight excluding hydrogens is 645 g/mol. The number of esters is 1. The number of nitrogens with zero attached hydrogens (tertiary/aromatic N) is 5. The van der Waals surface area contributed by atoms with Crippen molar-refractivity contribution in [2.75, 3.05) is 28.7 Å². The Morgan fingerprint density at radius 3 is 2.46 bits per heavy atom. The average molecular weight is 683 g/mol. The van der Waals surface area contributed by atoms with Crippen LogP contribution in [0.4, 0.5) is 22.5 Å². The quantitative estimate of drug-likeness (QED) is 0.167. The zero-order valence-electron chi connectivity index (χ0n) is 28.7. The molecule has 0 radical (unpaired) electrons. The third kappa shape index (κ3) is 6.66. The maximum atomic E-state index is 13.8. The summed E-state index contributed by atoms with van der Waals surface area (Å²) in [4.78, 5) is 45.9. The summed E-state index contributed by atoms with van der Waals surface area (Å²) in [5.41, 5.74) is 6.43. The lowest BCUT2D eigenvalue weighted by Gasteiger charge is -2.31. The van der Waals surface area contributed by atoms with Crippen LogP contribution in [-0.2, 0) is 17.7 Å². The summed E-state index contributed by atoms with van der Waals surface area (Å²) < 4.78 is 6.91. The summed E-state index contributed by atoms with van der Waals surface area (Å²) in [5, 5.41) is 3.58. The van der Waals surface area contributed by atoms with E-state index in [1.807, 2.05) is 125 Å². The first-order valence-electron chi connectivity index (χ1n) is 16.6. The summed E-state index contributed by atoms with van der Waals surface area (Å²) in [6.45, 7) is 8.69. The molecule has 7 rings (SSSR count). The van der Waals surface area contributed by atoms with Crippen LogP contribution >= 0.6 is 11.3 Å². The number of carbonyl (C=O) groups excluding carboxylic acids is 2. The predicted octanol–water partition coefficient (Wildman–Crippen LogP) is 8.60. The standard InChI is InChI=1S/C40H38N6O3S/c1-25-28(20-22-41-36(25)45(5)27-13-7-6-8-14-27)29-18-19-34(43-35(29)38(48)49-40(2,3)4)46-23-21-26-12-11-15-30(31(26)24-46)37(47)44-39-42-32-16-9-10-17-33(32)50-39/h6-20,22H,21,23-24H2,1-5H3,(H,42,44,47). The van der Waals surface area contributed by atoms with Gasteiger partial charge in [0.05, 0.1) is 10.2 Å². The highest BCUT2D eigenvalue weighted by Crippen LogP contribution is 2.36. The lowest BCUT2D eigenvalue weighted by Crippen LogP contribution is -2.33. The number of rotatable bonds is 7. The molecule has 1 amide bonds. The molecular formula is C40H38N6O3S. The minimum Gasteiger partial charge on any atom is -0.455 e. The van der Waals surface area contributed by atoms with Gasteiger partial charge >= 0.3 is 5.97 Å². The van der Waals surface area contributed by atoms with E-state index in [0.717, 1.165) is 50.4 Å². The number of para-hydroxylation sites is 2. The van der Waals surface area contributed by atoms with Crippen molar-refractivity contribution >= 4 is 55.9 Å². The number of anilines is 4. The zero-order valence-corrected chi connectivity index (χ0v) is 29.5. The number of hydrogen-bond donors (Lipinski definition) is 1. The maximum Gasteiger partial charge on any atom is 0.358 e. The molecule has 0 fully saturated rings.